The molecular weight excluding hydrogens is 206 g/mol. The second kappa shape index (κ2) is 4.00. The number of rotatable bonds is 3. The molecule has 0 aromatic carbocycles. The molecule has 0 N–H and O–H groups in total. The van der Waals surface area contributed by atoms with E-state index in [1.54, 1.807) is 0 Å². The third-order valence-electron chi connectivity index (χ3n) is 4.15. The van der Waals surface area contributed by atoms with Gasteiger partial charge in [-0.1, -0.05) is 0 Å². The van der Waals surface area contributed by atoms with Crippen molar-refractivity contribution in [2.45, 2.75) is 43.9 Å². The van der Waals surface area contributed by atoms with Gasteiger partial charge in [0.2, 0.25) is 0 Å². The topological polar surface area (TPSA) is 38.8 Å². The van der Waals surface area contributed by atoms with E-state index in [0.717, 1.165) is 31.9 Å². The molecule has 4 nitrogen and oxygen atoms in total. The van der Waals surface area contributed by atoms with E-state index in [4.69, 9.17) is 9.47 Å². The molecule has 0 aromatic rings. The molecule has 3 fully saturated rings. The lowest BCUT2D eigenvalue weighted by Crippen LogP contribution is -2.59. The van der Waals surface area contributed by atoms with Crippen LogP contribution in [0.5, 0.6) is 0 Å². The van der Waals surface area contributed by atoms with Gasteiger partial charge in [-0.25, -0.2) is 0 Å². The van der Waals surface area contributed by atoms with E-state index >= 15 is 0 Å². The number of carbonyl (C=O) groups excluding carboxylic acids is 1. The van der Waals surface area contributed by atoms with Crippen LogP contribution in [-0.2, 0) is 14.3 Å². The minimum absolute atomic E-state index is 0.00190. The summed E-state index contributed by atoms with van der Waals surface area (Å²) in [5.74, 6) is 0.680. The quantitative estimate of drug-likeness (QED) is 0.666. The number of esters is 1. The molecule has 0 bridgehead atoms. The van der Waals surface area contributed by atoms with Crippen molar-refractivity contribution in [3.63, 3.8) is 0 Å². The first-order valence-corrected chi connectivity index (χ1v) is 6.26. The van der Waals surface area contributed by atoms with Crippen LogP contribution in [0.4, 0.5) is 0 Å². The van der Waals surface area contributed by atoms with Gasteiger partial charge in [0.1, 0.15) is 6.04 Å². The van der Waals surface area contributed by atoms with E-state index in [9.17, 15) is 4.79 Å². The SMILES string of the molecule is COC(=O)C1CCN1C1CCOC1C1CC1. The smallest absolute Gasteiger partial charge is 0.323 e. The van der Waals surface area contributed by atoms with Crippen LogP contribution in [0.15, 0.2) is 0 Å². The highest BCUT2D eigenvalue weighted by molar-refractivity contribution is 5.76. The molecule has 3 rings (SSSR count). The van der Waals surface area contributed by atoms with Gasteiger partial charge < -0.3 is 9.47 Å². The molecular formula is C12H19NO3. The first-order valence-electron chi connectivity index (χ1n) is 6.26. The Morgan fingerprint density at radius 3 is 2.69 bits per heavy atom. The zero-order chi connectivity index (χ0) is 11.1. The van der Waals surface area contributed by atoms with Crippen LogP contribution >= 0.6 is 0 Å². The number of carbonyl (C=O) groups is 1. The molecule has 0 amide bonds. The Labute approximate surface area is 95.9 Å². The molecule has 1 aliphatic carbocycles. The minimum Gasteiger partial charge on any atom is -0.468 e. The molecule has 3 atom stereocenters. The normalized spacial score (nSPS) is 39.4. The van der Waals surface area contributed by atoms with Gasteiger partial charge in [0.25, 0.3) is 0 Å². The Hall–Kier alpha value is -0.610. The van der Waals surface area contributed by atoms with Gasteiger partial charge in [-0.05, 0) is 31.6 Å². The fourth-order valence-electron chi connectivity index (χ4n) is 3.02. The molecule has 90 valence electrons. The zero-order valence-corrected chi connectivity index (χ0v) is 9.72. The zero-order valence-electron chi connectivity index (χ0n) is 9.72. The molecule has 0 radical (unpaired) electrons. The first-order chi connectivity index (χ1) is 7.81. The van der Waals surface area contributed by atoms with Crippen LogP contribution in [-0.4, -0.2) is 49.3 Å². The number of likely N-dealkylation sites (tertiary alicyclic amines) is 1. The van der Waals surface area contributed by atoms with Crippen LogP contribution in [0, 0.1) is 5.92 Å². The number of ether oxygens (including phenoxy) is 2. The molecule has 0 aromatic heterocycles. The van der Waals surface area contributed by atoms with Crippen molar-refractivity contribution in [2.24, 2.45) is 5.92 Å². The van der Waals surface area contributed by atoms with Gasteiger partial charge in [-0.2, -0.15) is 0 Å². The van der Waals surface area contributed by atoms with Crippen LogP contribution in [0.2, 0.25) is 0 Å². The van der Waals surface area contributed by atoms with Crippen molar-refractivity contribution in [1.29, 1.82) is 0 Å². The molecule has 1 saturated carbocycles. The molecule has 2 aliphatic heterocycles. The largest absolute Gasteiger partial charge is 0.468 e. The third-order valence-corrected chi connectivity index (χ3v) is 4.15. The third kappa shape index (κ3) is 1.64. The average molecular weight is 225 g/mol. The van der Waals surface area contributed by atoms with Crippen LogP contribution in [0.25, 0.3) is 0 Å². The standard InChI is InChI=1S/C12H19NO3/c1-15-12(14)10-4-6-13(10)9-5-7-16-11(9)8-2-3-8/h8-11H,2-7H2,1H3. The Balaban J connectivity index is 1.65. The van der Waals surface area contributed by atoms with Gasteiger partial charge in [0.15, 0.2) is 0 Å². The summed E-state index contributed by atoms with van der Waals surface area (Å²) in [6.45, 7) is 1.88. The summed E-state index contributed by atoms with van der Waals surface area (Å²) in [6, 6.07) is 0.461. The Morgan fingerprint density at radius 1 is 1.31 bits per heavy atom. The Morgan fingerprint density at radius 2 is 2.12 bits per heavy atom. The summed E-state index contributed by atoms with van der Waals surface area (Å²) in [5, 5.41) is 0. The van der Waals surface area contributed by atoms with E-state index < -0.39 is 0 Å². The summed E-state index contributed by atoms with van der Waals surface area (Å²) in [7, 11) is 1.47. The van der Waals surface area contributed by atoms with E-state index in [1.807, 2.05) is 0 Å². The van der Waals surface area contributed by atoms with Crippen LogP contribution in [0.1, 0.15) is 25.7 Å². The van der Waals surface area contributed by atoms with Crippen molar-refractivity contribution >= 4 is 5.97 Å². The lowest BCUT2D eigenvalue weighted by molar-refractivity contribution is -0.155. The minimum atomic E-state index is -0.0762. The highest BCUT2D eigenvalue weighted by Gasteiger charge is 2.48. The van der Waals surface area contributed by atoms with Gasteiger partial charge in [0, 0.05) is 19.2 Å². The lowest BCUT2D eigenvalue weighted by Gasteiger charge is -2.44. The Kier molecular flexibility index (Phi) is 2.64. The molecule has 2 saturated heterocycles. The molecule has 4 heteroatoms. The second-order valence-corrected chi connectivity index (χ2v) is 5.09. The maximum absolute atomic E-state index is 11.5. The highest BCUT2D eigenvalue weighted by atomic mass is 16.5. The van der Waals surface area contributed by atoms with Crippen molar-refractivity contribution in [2.75, 3.05) is 20.3 Å². The fourth-order valence-corrected chi connectivity index (χ4v) is 3.02. The summed E-state index contributed by atoms with van der Waals surface area (Å²) in [4.78, 5) is 13.8. The molecule has 16 heavy (non-hydrogen) atoms. The molecule has 2 heterocycles. The number of methoxy groups -OCH3 is 1. The average Bonchev–Trinajstić information content (AvgIpc) is 2.98. The van der Waals surface area contributed by atoms with Crippen LogP contribution < -0.4 is 0 Å². The number of hydrogen-bond donors (Lipinski definition) is 0. The predicted octanol–water partition coefficient (Wildman–Crippen LogP) is 0.801. The van der Waals surface area contributed by atoms with E-state index in [1.165, 1.54) is 20.0 Å². The predicted molar refractivity (Wildman–Crippen MR) is 58.0 cm³/mol. The van der Waals surface area contributed by atoms with Crippen molar-refractivity contribution < 1.29 is 14.3 Å². The van der Waals surface area contributed by atoms with Crippen molar-refractivity contribution in [3.8, 4) is 0 Å². The van der Waals surface area contributed by atoms with E-state index in [-0.39, 0.29) is 12.0 Å². The fraction of sp³-hybridized carbons (Fsp3) is 0.917. The number of hydrogen-bond acceptors (Lipinski definition) is 4. The molecule has 3 unspecified atom stereocenters. The van der Waals surface area contributed by atoms with Gasteiger partial charge in [-0.15, -0.1) is 0 Å². The number of nitrogens with zero attached hydrogens (tertiary/aromatic N) is 1. The van der Waals surface area contributed by atoms with Crippen molar-refractivity contribution in [3.05, 3.63) is 0 Å². The first kappa shape index (κ1) is 10.5. The van der Waals surface area contributed by atoms with Crippen molar-refractivity contribution in [1.82, 2.24) is 4.90 Å². The lowest BCUT2D eigenvalue weighted by atomic mass is 9.94. The second-order valence-electron chi connectivity index (χ2n) is 5.09. The monoisotopic (exact) mass is 225 g/mol. The molecule has 3 aliphatic rings. The Bertz CT molecular complexity index is 290. The highest BCUT2D eigenvalue weighted by Crippen LogP contribution is 2.42. The van der Waals surface area contributed by atoms with Gasteiger partial charge in [-0.3, -0.25) is 9.69 Å². The summed E-state index contributed by atoms with van der Waals surface area (Å²) >= 11 is 0. The maximum Gasteiger partial charge on any atom is 0.323 e. The van der Waals surface area contributed by atoms with Crippen LogP contribution in [0.3, 0.4) is 0 Å². The maximum atomic E-state index is 11.5. The summed E-state index contributed by atoms with van der Waals surface area (Å²) in [5.41, 5.74) is 0. The summed E-state index contributed by atoms with van der Waals surface area (Å²) in [6.07, 6.45) is 5.01. The van der Waals surface area contributed by atoms with E-state index in [0.29, 0.717) is 12.1 Å². The van der Waals surface area contributed by atoms with E-state index in [2.05, 4.69) is 4.90 Å². The van der Waals surface area contributed by atoms with Gasteiger partial charge in [0.05, 0.1) is 13.2 Å². The molecule has 0 spiro atoms. The summed E-state index contributed by atoms with van der Waals surface area (Å²) < 4.78 is 10.6. The van der Waals surface area contributed by atoms with Gasteiger partial charge >= 0.3 is 5.97 Å².